The molecule has 414 valence electrons. The van der Waals surface area contributed by atoms with Gasteiger partial charge in [0.2, 0.25) is 0 Å². The van der Waals surface area contributed by atoms with Gasteiger partial charge in [-0.1, -0.05) is 243 Å². The fourth-order valence-corrected chi connectivity index (χ4v) is 20.6. The summed E-state index contributed by atoms with van der Waals surface area (Å²) in [4.78, 5) is 0. The number of aromatic nitrogens is 2. The highest BCUT2D eigenvalue weighted by Crippen LogP contribution is 2.47. The average Bonchev–Trinajstić information content (AvgIpc) is 1.52. The van der Waals surface area contributed by atoms with Gasteiger partial charge in [0.1, 0.15) is 0 Å². The molecule has 0 atom stereocenters. The average molecular weight is 1160 g/mol. The van der Waals surface area contributed by atoms with Crippen LogP contribution in [0, 0.1) is 0 Å². The summed E-state index contributed by atoms with van der Waals surface area (Å²) < 4.78 is 20.6. The van der Waals surface area contributed by atoms with E-state index in [1.165, 1.54) is 135 Å². The molecule has 0 bridgehead atoms. The van der Waals surface area contributed by atoms with Crippen LogP contribution in [0.25, 0.3) is 141 Å². The fourth-order valence-electron chi connectivity index (χ4n) is 15.4. The third-order valence-corrected chi connectivity index (χ3v) is 25.7. The van der Waals surface area contributed by atoms with E-state index in [4.69, 9.17) is 0 Å². The Morgan fingerprint density at radius 1 is 0.284 bits per heavy atom. The van der Waals surface area contributed by atoms with Gasteiger partial charge in [-0.05, 0) is 171 Å². The van der Waals surface area contributed by atoms with Crippen molar-refractivity contribution in [3.63, 3.8) is 0 Å². The highest BCUT2D eigenvalue weighted by Gasteiger charge is 2.31. The number of hydrogen-bond acceptors (Lipinski definition) is 1. The maximum atomic E-state index is 15.6. The monoisotopic (exact) mass is 1160 g/mol. The van der Waals surface area contributed by atoms with Crippen LogP contribution >= 0.6 is 7.14 Å². The summed E-state index contributed by atoms with van der Waals surface area (Å²) in [6, 6.07) is 110. The largest absolute Gasteiger partial charge is 0.309 e. The molecule has 0 N–H and O–H groups in total. The van der Waals surface area contributed by atoms with E-state index in [1.807, 2.05) is 60.7 Å². The Balaban J connectivity index is 0.785. The number of fused-ring (bicyclic) bond motifs is 22. The minimum atomic E-state index is -3.19. The quantitative estimate of drug-likeness (QED) is 0.0846. The molecule has 5 heteroatoms. The number of benzene rings is 16. The first-order valence-corrected chi connectivity index (χ1v) is 35.5. The number of nitrogens with zero attached hydrogens (tertiary/aromatic N) is 2. The van der Waals surface area contributed by atoms with Crippen LogP contribution in [0.5, 0.6) is 0 Å². The zero-order valence-corrected chi connectivity index (χ0v) is 50.6. The Morgan fingerprint density at radius 2 is 0.648 bits per heavy atom. The van der Waals surface area contributed by atoms with E-state index in [1.54, 1.807) is 0 Å². The first kappa shape index (κ1) is 50.9. The highest BCUT2D eigenvalue weighted by atomic mass is 31.2. The predicted octanol–water partition coefficient (Wildman–Crippen LogP) is 20.4. The standard InChI is InChI=1S/C83H57N2OPSi/c1-88(2,61-44-40-57(41-45-61)85-78-47-37-54-21-9-11-27-62(54)82(78)75-48-71-66-31-15-13-29-64(66)65-30-14-16-32-67(65)73(71)50-79(75)85)52-55-22-19-35-70-74-51-80-76(49-72(74)68-33-17-18-34-69(68)81(55)70)83-63-28-12-10-20-53(63)36-46-77(83)84(80)56-38-42-60(43-39-56)87(86,58-23-5-3-6-24-58)59-25-7-4-8-26-59/h3-51H,52H2,1-2H3. The summed E-state index contributed by atoms with van der Waals surface area (Å²) in [5, 5.41) is 29.2. The van der Waals surface area contributed by atoms with Crippen LogP contribution < -0.4 is 21.1 Å². The number of rotatable bonds is 8. The van der Waals surface area contributed by atoms with Crippen LogP contribution in [0.4, 0.5) is 0 Å². The topological polar surface area (TPSA) is 26.9 Å². The smallest absolute Gasteiger partial charge is 0.171 e. The normalized spacial score (nSPS) is 12.5. The minimum absolute atomic E-state index is 0.812. The number of hydrogen-bond donors (Lipinski definition) is 0. The zero-order chi connectivity index (χ0) is 58.4. The molecule has 0 aliphatic carbocycles. The lowest BCUT2D eigenvalue weighted by molar-refractivity contribution is 0.592. The van der Waals surface area contributed by atoms with E-state index >= 15 is 4.57 Å². The molecule has 3 nitrogen and oxygen atoms in total. The van der Waals surface area contributed by atoms with Crippen molar-refractivity contribution in [3.8, 4) is 11.4 Å². The summed E-state index contributed by atoms with van der Waals surface area (Å²) >= 11 is 0. The first-order valence-electron chi connectivity index (χ1n) is 30.6. The maximum Gasteiger partial charge on any atom is 0.171 e. The van der Waals surface area contributed by atoms with Gasteiger partial charge in [-0.15, -0.1) is 0 Å². The second-order valence-electron chi connectivity index (χ2n) is 24.7. The van der Waals surface area contributed by atoms with Crippen molar-refractivity contribution < 1.29 is 4.57 Å². The van der Waals surface area contributed by atoms with Crippen LogP contribution in [0.3, 0.4) is 0 Å². The summed E-state index contributed by atoms with van der Waals surface area (Å²) in [5.74, 6) is 0. The Hall–Kier alpha value is -10.4. The third-order valence-electron chi connectivity index (χ3n) is 19.5. The van der Waals surface area contributed by atoms with Gasteiger partial charge in [-0.3, -0.25) is 0 Å². The lowest BCUT2D eigenvalue weighted by Gasteiger charge is -2.25. The van der Waals surface area contributed by atoms with E-state index in [-0.39, 0.29) is 0 Å². The van der Waals surface area contributed by atoms with Crippen molar-refractivity contribution in [2.75, 3.05) is 0 Å². The molecule has 18 rings (SSSR count). The Morgan fingerprint density at radius 3 is 1.15 bits per heavy atom. The molecule has 0 aliphatic heterocycles. The SMILES string of the molecule is C[Si](C)(Cc1cccc2c3cc4c(cc3c3ccccc3c12)c1c2ccccc2ccc1n4-c1ccc(P(=O)(c2ccccc2)c2ccccc2)cc1)c1ccc(-n2c3cc4c5ccccc5c5ccccc5c4cc3c3c4ccccc4ccc32)cc1. The molecular weight excluding hydrogens is 1100 g/mol. The molecule has 0 amide bonds. The third kappa shape index (κ3) is 7.46. The molecule has 0 saturated heterocycles. The molecule has 0 fully saturated rings. The summed E-state index contributed by atoms with van der Waals surface area (Å²) in [5.41, 5.74) is 8.30. The molecule has 0 unspecified atom stereocenters. The van der Waals surface area contributed by atoms with Gasteiger partial charge >= 0.3 is 0 Å². The summed E-state index contributed by atoms with van der Waals surface area (Å²) in [6.07, 6.45) is 0. The van der Waals surface area contributed by atoms with Crippen molar-refractivity contribution >= 4 is 166 Å². The van der Waals surface area contributed by atoms with Crippen LogP contribution in [0.1, 0.15) is 5.56 Å². The van der Waals surface area contributed by atoms with Gasteiger partial charge in [0.25, 0.3) is 0 Å². The molecular formula is C83H57N2OPSi. The predicted molar refractivity (Wildman–Crippen MR) is 382 cm³/mol. The lowest BCUT2D eigenvalue weighted by Crippen LogP contribution is -2.44. The van der Waals surface area contributed by atoms with Crippen LogP contribution in [-0.2, 0) is 10.6 Å². The Bertz CT molecular complexity index is 5960. The molecule has 0 aliphatic rings. The van der Waals surface area contributed by atoms with Crippen molar-refractivity contribution in [3.05, 3.63) is 303 Å². The first-order chi connectivity index (χ1) is 43.3. The van der Waals surface area contributed by atoms with E-state index < -0.39 is 15.2 Å². The Kier molecular flexibility index (Phi) is 11.2. The van der Waals surface area contributed by atoms with Gasteiger partial charge in [0, 0.05) is 48.8 Å². The molecule has 2 heterocycles. The van der Waals surface area contributed by atoms with Crippen molar-refractivity contribution in [2.45, 2.75) is 19.1 Å². The molecule has 88 heavy (non-hydrogen) atoms. The van der Waals surface area contributed by atoms with Crippen LogP contribution in [-0.4, -0.2) is 17.2 Å². The maximum absolute atomic E-state index is 15.6. The van der Waals surface area contributed by atoms with Gasteiger partial charge in [-0.25, -0.2) is 0 Å². The second kappa shape index (κ2) is 19.3. The zero-order valence-electron chi connectivity index (χ0n) is 48.7. The van der Waals surface area contributed by atoms with Gasteiger partial charge in [-0.2, -0.15) is 0 Å². The Labute approximate surface area is 510 Å². The van der Waals surface area contributed by atoms with Crippen molar-refractivity contribution in [2.24, 2.45) is 0 Å². The lowest BCUT2D eigenvalue weighted by atomic mass is 9.91. The van der Waals surface area contributed by atoms with E-state index in [0.29, 0.717) is 0 Å². The molecule has 0 saturated carbocycles. The van der Waals surface area contributed by atoms with E-state index in [2.05, 4.69) is 259 Å². The highest BCUT2D eigenvalue weighted by molar-refractivity contribution is 7.85. The molecule has 0 radical (unpaired) electrons. The fraction of sp³-hybridized carbons (Fsp3) is 0.0361. The molecule has 0 spiro atoms. The van der Waals surface area contributed by atoms with Crippen LogP contribution in [0.2, 0.25) is 13.1 Å². The van der Waals surface area contributed by atoms with Crippen LogP contribution in [0.15, 0.2) is 297 Å². The van der Waals surface area contributed by atoms with Gasteiger partial charge in [0.15, 0.2) is 7.14 Å². The van der Waals surface area contributed by atoms with Gasteiger partial charge in [0.05, 0.1) is 30.1 Å². The minimum Gasteiger partial charge on any atom is -0.309 e. The second-order valence-corrected chi connectivity index (χ2v) is 32.2. The van der Waals surface area contributed by atoms with E-state index in [9.17, 15) is 0 Å². The van der Waals surface area contributed by atoms with Crippen molar-refractivity contribution in [1.29, 1.82) is 0 Å². The van der Waals surface area contributed by atoms with Crippen molar-refractivity contribution in [1.82, 2.24) is 9.13 Å². The summed E-state index contributed by atoms with van der Waals surface area (Å²) in [7, 11) is -5.37. The summed E-state index contributed by atoms with van der Waals surface area (Å²) in [6.45, 7) is 5.10. The van der Waals surface area contributed by atoms with E-state index in [0.717, 1.165) is 38.7 Å². The molecule has 2 aromatic heterocycles. The molecule has 16 aromatic carbocycles. The van der Waals surface area contributed by atoms with Gasteiger partial charge < -0.3 is 13.7 Å². The molecule has 18 aromatic rings.